The molecule has 5 aliphatic carbocycles. The highest BCUT2D eigenvalue weighted by atomic mass is 16.8. The first-order valence-corrected chi connectivity index (χ1v) is 22.7. The second-order valence-corrected chi connectivity index (χ2v) is 21.5. The summed E-state index contributed by atoms with van der Waals surface area (Å²) in [5, 5.41) is 64.3. The molecule has 0 amide bonds. The lowest BCUT2D eigenvalue weighted by Crippen LogP contribution is -2.68. The normalized spacial score (nSPS) is 49.8. The molecule has 0 aromatic carbocycles. The van der Waals surface area contributed by atoms with Crippen LogP contribution in [0.1, 0.15) is 120 Å². The van der Waals surface area contributed by atoms with Crippen molar-refractivity contribution in [2.75, 3.05) is 13.2 Å². The molecule has 4 saturated carbocycles. The number of allylic oxidation sites excluding steroid dienone is 2. The summed E-state index contributed by atoms with van der Waals surface area (Å²) in [6.07, 6.45) is -10.7. The fourth-order valence-electron chi connectivity index (χ4n) is 13.9. The molecule has 0 radical (unpaired) electrons. The summed E-state index contributed by atoms with van der Waals surface area (Å²) in [4.78, 5) is 53.3. The van der Waals surface area contributed by atoms with Crippen LogP contribution in [-0.4, -0.2) is 135 Å². The van der Waals surface area contributed by atoms with Gasteiger partial charge >= 0.3 is 17.9 Å². The SMILES string of the molecule is CCOC(=O)[C@H]1O[C@@H](O[C@H]2[C@@H](O[C@H]3CC[C@]4(C)[C@H]5C(=O)C=C6[C@@H]7C[C@@](C)(C(=O)OCC)CC[C@]7(C)CC[C@@]6(C)[C@]5(C)CC[C@H]4C3(C)C)O[C@H](C(=O)O)[C@@H](O)[C@@H]2O)[C@H](O)[C@@H](O)[C@@H]1O. The molecule has 2 saturated heterocycles. The number of ketones is 1. The number of hydrogen-bond acceptors (Lipinski definition) is 15. The Labute approximate surface area is 364 Å². The summed E-state index contributed by atoms with van der Waals surface area (Å²) >= 11 is 0. The fraction of sp³-hybridized carbons (Fsp3) is 0.870. The van der Waals surface area contributed by atoms with Crippen LogP contribution in [-0.2, 0) is 47.6 Å². The number of carboxylic acids is 1. The number of rotatable bonds is 9. The molecule has 62 heavy (non-hydrogen) atoms. The molecule has 2 heterocycles. The van der Waals surface area contributed by atoms with Crippen molar-refractivity contribution in [1.29, 1.82) is 0 Å². The standard InChI is InChI=1S/C46H70O16/c1-10-57-37(55)33-28(49)27(48)31(52)38(61-33)62-34-30(51)29(50)32(36(53)54)60-39(34)59-26-13-14-44(7)25(41(26,3)4)12-15-46(9)35(44)24(47)20-22-23-21-43(6,40(56)58-11-2)17-16-42(23,5)18-19-45(22,46)8/h20,23,25-35,38-39,48-52H,10-19,21H2,1-9H3,(H,53,54)/t23-,25-,26-,27-,28-,29-,30-,31+,32-,33-,34+,35+,38-,39-,42+,43-,44-,45+,46+/m0/s1. The van der Waals surface area contributed by atoms with E-state index in [9.17, 15) is 45.0 Å². The Morgan fingerprint density at radius 1 is 0.726 bits per heavy atom. The minimum atomic E-state index is -2.02. The molecule has 6 N–H and O–H groups in total. The van der Waals surface area contributed by atoms with E-state index < -0.39 is 95.7 Å². The molecular formula is C46H70O16. The van der Waals surface area contributed by atoms with Crippen molar-refractivity contribution in [1.82, 2.24) is 0 Å². The molecule has 16 heteroatoms. The Morgan fingerprint density at radius 2 is 1.35 bits per heavy atom. The van der Waals surface area contributed by atoms with E-state index in [4.69, 9.17) is 28.4 Å². The minimum absolute atomic E-state index is 0.0315. The van der Waals surface area contributed by atoms with Gasteiger partial charge in [0, 0.05) is 5.92 Å². The van der Waals surface area contributed by atoms with Gasteiger partial charge in [0.1, 0.15) is 36.6 Å². The maximum absolute atomic E-state index is 15.0. The van der Waals surface area contributed by atoms with Gasteiger partial charge in [0.25, 0.3) is 0 Å². The molecule has 0 aromatic heterocycles. The van der Waals surface area contributed by atoms with E-state index in [-0.39, 0.29) is 52.4 Å². The van der Waals surface area contributed by atoms with E-state index in [1.165, 1.54) is 12.5 Å². The van der Waals surface area contributed by atoms with Gasteiger partial charge in [-0.2, -0.15) is 0 Å². The first-order chi connectivity index (χ1) is 28.8. The number of esters is 2. The van der Waals surface area contributed by atoms with E-state index in [1.54, 1.807) is 0 Å². The van der Waals surface area contributed by atoms with Crippen molar-refractivity contribution in [3.05, 3.63) is 11.6 Å². The number of aliphatic carboxylic acids is 1. The van der Waals surface area contributed by atoms with E-state index in [0.717, 1.165) is 38.5 Å². The molecule has 350 valence electrons. The topological polar surface area (TPSA) is 245 Å². The molecule has 0 spiro atoms. The lowest BCUT2D eigenvalue weighted by atomic mass is 9.33. The van der Waals surface area contributed by atoms with Gasteiger partial charge in [-0.05, 0) is 124 Å². The van der Waals surface area contributed by atoms with Crippen LogP contribution < -0.4 is 0 Å². The van der Waals surface area contributed by atoms with Gasteiger partial charge in [0.15, 0.2) is 30.6 Å². The third-order valence-electron chi connectivity index (χ3n) is 17.7. The van der Waals surface area contributed by atoms with Crippen molar-refractivity contribution in [2.45, 2.75) is 188 Å². The van der Waals surface area contributed by atoms with Crippen molar-refractivity contribution >= 4 is 23.7 Å². The maximum Gasteiger partial charge on any atom is 0.338 e. The third-order valence-corrected chi connectivity index (χ3v) is 17.7. The zero-order chi connectivity index (χ0) is 45.7. The molecule has 6 fully saturated rings. The number of hydrogen-bond donors (Lipinski definition) is 6. The summed E-state index contributed by atoms with van der Waals surface area (Å²) in [7, 11) is 0. The average molecular weight is 879 g/mol. The highest BCUT2D eigenvalue weighted by Gasteiger charge is 2.71. The van der Waals surface area contributed by atoms with Crippen LogP contribution in [0.4, 0.5) is 0 Å². The molecule has 7 aliphatic rings. The second-order valence-electron chi connectivity index (χ2n) is 21.5. The molecule has 19 atom stereocenters. The Morgan fingerprint density at radius 3 is 2.00 bits per heavy atom. The van der Waals surface area contributed by atoms with Crippen molar-refractivity contribution < 1.29 is 78.2 Å². The van der Waals surface area contributed by atoms with Crippen LogP contribution in [0.3, 0.4) is 0 Å². The van der Waals surface area contributed by atoms with Gasteiger partial charge in [0.05, 0.1) is 24.7 Å². The van der Waals surface area contributed by atoms with Gasteiger partial charge < -0.3 is 59.1 Å². The van der Waals surface area contributed by atoms with Crippen LogP contribution >= 0.6 is 0 Å². The van der Waals surface area contributed by atoms with E-state index in [2.05, 4.69) is 41.5 Å². The summed E-state index contributed by atoms with van der Waals surface area (Å²) < 4.78 is 34.5. The lowest BCUT2D eigenvalue weighted by Gasteiger charge is -2.70. The number of carboxylic acid groups (broad SMARTS) is 1. The van der Waals surface area contributed by atoms with Crippen LogP contribution in [0.25, 0.3) is 0 Å². The first kappa shape index (κ1) is 47.4. The maximum atomic E-state index is 15.0. The second kappa shape index (κ2) is 16.4. The quantitative estimate of drug-likeness (QED) is 0.144. The van der Waals surface area contributed by atoms with Gasteiger partial charge in [0.2, 0.25) is 0 Å². The summed E-state index contributed by atoms with van der Waals surface area (Å²) in [6, 6.07) is 0. The molecule has 0 unspecified atom stereocenters. The monoisotopic (exact) mass is 878 g/mol. The third kappa shape index (κ3) is 7.20. The molecular weight excluding hydrogens is 808 g/mol. The van der Waals surface area contributed by atoms with Crippen LogP contribution in [0.15, 0.2) is 11.6 Å². The largest absolute Gasteiger partial charge is 0.479 e. The van der Waals surface area contributed by atoms with Gasteiger partial charge in [-0.15, -0.1) is 0 Å². The smallest absolute Gasteiger partial charge is 0.338 e. The number of carbonyl (C=O) groups is 4. The average Bonchev–Trinajstić information content (AvgIpc) is 3.19. The predicted molar refractivity (Wildman–Crippen MR) is 217 cm³/mol. The minimum Gasteiger partial charge on any atom is -0.479 e. The van der Waals surface area contributed by atoms with Crippen LogP contribution in [0.2, 0.25) is 0 Å². The highest BCUT2D eigenvalue weighted by Crippen LogP contribution is 2.75. The molecule has 2 aliphatic heterocycles. The van der Waals surface area contributed by atoms with Crippen LogP contribution in [0.5, 0.6) is 0 Å². The number of carbonyl (C=O) groups excluding carboxylic acids is 3. The van der Waals surface area contributed by atoms with Crippen LogP contribution in [0, 0.1) is 50.2 Å². The predicted octanol–water partition coefficient (Wildman–Crippen LogP) is 3.20. The molecule has 0 bridgehead atoms. The highest BCUT2D eigenvalue weighted by molar-refractivity contribution is 5.95. The number of fused-ring (bicyclic) bond motifs is 7. The Balaban J connectivity index is 1.16. The lowest BCUT2D eigenvalue weighted by molar-refractivity contribution is -0.371. The molecule has 16 nitrogen and oxygen atoms in total. The molecule has 0 aromatic rings. The fourth-order valence-corrected chi connectivity index (χ4v) is 13.9. The van der Waals surface area contributed by atoms with Crippen molar-refractivity contribution in [2.24, 2.45) is 50.2 Å². The van der Waals surface area contributed by atoms with Gasteiger partial charge in [-0.1, -0.05) is 47.1 Å². The van der Waals surface area contributed by atoms with Crippen molar-refractivity contribution in [3.63, 3.8) is 0 Å². The summed E-state index contributed by atoms with van der Waals surface area (Å²) in [5.41, 5.74) is -1.31. The van der Waals surface area contributed by atoms with Crippen molar-refractivity contribution in [3.8, 4) is 0 Å². The van der Waals surface area contributed by atoms with Gasteiger partial charge in [-0.25, -0.2) is 9.59 Å². The zero-order valence-corrected chi connectivity index (χ0v) is 37.7. The first-order valence-electron chi connectivity index (χ1n) is 22.7. The van der Waals surface area contributed by atoms with E-state index in [1.807, 2.05) is 19.9 Å². The zero-order valence-electron chi connectivity index (χ0n) is 37.7. The Bertz CT molecular complexity index is 1800. The molecule has 7 rings (SSSR count). The number of aliphatic hydroxyl groups excluding tert-OH is 5. The van der Waals surface area contributed by atoms with E-state index in [0.29, 0.717) is 25.9 Å². The number of ether oxygens (including phenoxy) is 6. The number of aliphatic hydroxyl groups is 5. The summed E-state index contributed by atoms with van der Waals surface area (Å²) in [6.45, 7) is 18.9. The Kier molecular flexibility index (Phi) is 12.6. The Hall–Kier alpha value is -2.54. The van der Waals surface area contributed by atoms with Gasteiger partial charge in [-0.3, -0.25) is 9.59 Å². The summed E-state index contributed by atoms with van der Waals surface area (Å²) in [5.74, 6) is -2.99. The van der Waals surface area contributed by atoms with E-state index >= 15 is 4.79 Å².